The SMILES string of the molecule is CCC(N)CSC(C)c1ccc(C(=O)O)o1. The molecule has 0 aliphatic carbocycles. The lowest BCUT2D eigenvalue weighted by molar-refractivity contribution is 0.0660. The number of hydrogen-bond acceptors (Lipinski definition) is 4. The molecule has 2 unspecified atom stereocenters. The van der Waals surface area contributed by atoms with Crippen LogP contribution in [0.2, 0.25) is 0 Å². The first-order valence-electron chi connectivity index (χ1n) is 5.24. The molecule has 0 saturated heterocycles. The Labute approximate surface area is 99.2 Å². The number of carboxylic acid groups (broad SMARTS) is 1. The predicted octanol–water partition coefficient (Wildman–Crippen LogP) is 2.51. The molecule has 1 rings (SSSR count). The van der Waals surface area contributed by atoms with Crippen molar-refractivity contribution in [2.45, 2.75) is 31.6 Å². The van der Waals surface area contributed by atoms with Crippen molar-refractivity contribution in [3.8, 4) is 0 Å². The van der Waals surface area contributed by atoms with Crippen molar-refractivity contribution in [1.29, 1.82) is 0 Å². The number of nitrogens with two attached hydrogens (primary N) is 1. The molecule has 1 aromatic rings. The van der Waals surface area contributed by atoms with Gasteiger partial charge in [0.2, 0.25) is 5.76 Å². The zero-order valence-corrected chi connectivity index (χ0v) is 10.3. The summed E-state index contributed by atoms with van der Waals surface area (Å²) in [5, 5.41) is 8.85. The average Bonchev–Trinajstić information content (AvgIpc) is 2.74. The molecule has 1 heterocycles. The number of carboxylic acids is 1. The van der Waals surface area contributed by atoms with Crippen molar-refractivity contribution in [2.24, 2.45) is 5.73 Å². The van der Waals surface area contributed by atoms with E-state index in [1.807, 2.05) is 13.8 Å². The van der Waals surface area contributed by atoms with Crippen LogP contribution in [0.3, 0.4) is 0 Å². The van der Waals surface area contributed by atoms with Crippen molar-refractivity contribution in [3.63, 3.8) is 0 Å². The predicted molar refractivity (Wildman–Crippen MR) is 64.8 cm³/mol. The maximum Gasteiger partial charge on any atom is 0.371 e. The number of hydrogen-bond donors (Lipinski definition) is 2. The summed E-state index contributed by atoms with van der Waals surface area (Å²) < 4.78 is 5.21. The van der Waals surface area contributed by atoms with Gasteiger partial charge in [0.25, 0.3) is 0 Å². The van der Waals surface area contributed by atoms with Crippen LogP contribution >= 0.6 is 11.8 Å². The molecular formula is C11H17NO3S. The van der Waals surface area contributed by atoms with E-state index in [1.54, 1.807) is 17.8 Å². The van der Waals surface area contributed by atoms with Gasteiger partial charge >= 0.3 is 5.97 Å². The van der Waals surface area contributed by atoms with Crippen LogP contribution in [0.1, 0.15) is 41.8 Å². The molecule has 16 heavy (non-hydrogen) atoms. The molecule has 4 nitrogen and oxygen atoms in total. The summed E-state index contributed by atoms with van der Waals surface area (Å²) in [6, 6.07) is 3.37. The first-order valence-corrected chi connectivity index (χ1v) is 6.29. The highest BCUT2D eigenvalue weighted by Gasteiger charge is 2.15. The fourth-order valence-electron chi connectivity index (χ4n) is 1.15. The molecule has 0 aromatic carbocycles. The Hall–Kier alpha value is -0.940. The topological polar surface area (TPSA) is 76.5 Å². The third-order valence-electron chi connectivity index (χ3n) is 2.32. The van der Waals surface area contributed by atoms with Crippen LogP contribution < -0.4 is 5.73 Å². The van der Waals surface area contributed by atoms with E-state index in [4.69, 9.17) is 15.3 Å². The molecule has 90 valence electrons. The van der Waals surface area contributed by atoms with Crippen LogP contribution in [0.4, 0.5) is 0 Å². The van der Waals surface area contributed by atoms with Gasteiger partial charge in [-0.15, -0.1) is 11.8 Å². The third-order valence-corrected chi connectivity index (χ3v) is 3.68. The second-order valence-corrected chi connectivity index (χ2v) is 5.02. The molecule has 0 radical (unpaired) electrons. The molecule has 1 aromatic heterocycles. The molecule has 0 aliphatic rings. The highest BCUT2D eigenvalue weighted by Crippen LogP contribution is 2.29. The lowest BCUT2D eigenvalue weighted by Crippen LogP contribution is -2.21. The van der Waals surface area contributed by atoms with E-state index in [-0.39, 0.29) is 17.1 Å². The van der Waals surface area contributed by atoms with Crippen LogP contribution in [-0.4, -0.2) is 22.9 Å². The van der Waals surface area contributed by atoms with Crippen LogP contribution in [0, 0.1) is 0 Å². The summed E-state index contributed by atoms with van der Waals surface area (Å²) in [4.78, 5) is 10.6. The Morgan fingerprint density at radius 3 is 2.81 bits per heavy atom. The standard InChI is InChI=1S/C11H17NO3S/c1-3-8(12)6-16-7(2)9-4-5-10(15-9)11(13)14/h4-5,7-8H,3,6,12H2,1-2H3,(H,13,14). The number of furan rings is 1. The summed E-state index contributed by atoms with van der Waals surface area (Å²) in [6.07, 6.45) is 0.943. The van der Waals surface area contributed by atoms with Crippen molar-refractivity contribution >= 4 is 17.7 Å². The van der Waals surface area contributed by atoms with E-state index in [0.717, 1.165) is 12.2 Å². The maximum absolute atomic E-state index is 10.6. The van der Waals surface area contributed by atoms with Gasteiger partial charge in [-0.05, 0) is 25.5 Å². The van der Waals surface area contributed by atoms with E-state index < -0.39 is 5.97 Å². The zero-order chi connectivity index (χ0) is 12.1. The largest absolute Gasteiger partial charge is 0.475 e. The molecule has 3 N–H and O–H groups in total. The summed E-state index contributed by atoms with van der Waals surface area (Å²) >= 11 is 1.68. The summed E-state index contributed by atoms with van der Waals surface area (Å²) in [6.45, 7) is 4.03. The normalized spacial score (nSPS) is 14.7. The van der Waals surface area contributed by atoms with Crippen LogP contribution in [0.15, 0.2) is 16.5 Å². The van der Waals surface area contributed by atoms with Crippen molar-refractivity contribution < 1.29 is 14.3 Å². The number of aromatic carboxylic acids is 1. The third kappa shape index (κ3) is 3.57. The molecule has 2 atom stereocenters. The van der Waals surface area contributed by atoms with Gasteiger partial charge < -0.3 is 15.3 Å². The molecule has 0 amide bonds. The average molecular weight is 243 g/mol. The molecule has 0 spiro atoms. The first-order chi connectivity index (χ1) is 7.54. The minimum absolute atomic E-state index is 0.0118. The quantitative estimate of drug-likeness (QED) is 0.802. The second-order valence-electron chi connectivity index (χ2n) is 3.65. The Morgan fingerprint density at radius 1 is 1.62 bits per heavy atom. The number of carbonyl (C=O) groups is 1. The maximum atomic E-state index is 10.6. The summed E-state index contributed by atoms with van der Waals surface area (Å²) in [5.74, 6) is 0.488. The molecule has 0 bridgehead atoms. The lowest BCUT2D eigenvalue weighted by Gasteiger charge is -2.12. The molecule has 0 saturated carbocycles. The van der Waals surface area contributed by atoms with Gasteiger partial charge in [-0.1, -0.05) is 6.92 Å². The van der Waals surface area contributed by atoms with Gasteiger partial charge in [0, 0.05) is 11.8 Å². The molecule has 0 aliphatic heterocycles. The minimum atomic E-state index is -1.03. The van der Waals surface area contributed by atoms with Gasteiger partial charge in [0.05, 0.1) is 5.25 Å². The fourth-order valence-corrected chi connectivity index (χ4v) is 2.22. The van der Waals surface area contributed by atoms with Crippen molar-refractivity contribution in [3.05, 3.63) is 23.7 Å². The summed E-state index contributed by atoms with van der Waals surface area (Å²) in [7, 11) is 0. The van der Waals surface area contributed by atoms with Crippen LogP contribution in [-0.2, 0) is 0 Å². The lowest BCUT2D eigenvalue weighted by atomic mass is 10.3. The summed E-state index contributed by atoms with van der Waals surface area (Å²) in [5.41, 5.74) is 5.81. The van der Waals surface area contributed by atoms with Gasteiger partial charge in [0.1, 0.15) is 5.76 Å². The Bertz CT molecular complexity index is 351. The van der Waals surface area contributed by atoms with Crippen molar-refractivity contribution in [1.82, 2.24) is 0 Å². The van der Waals surface area contributed by atoms with E-state index in [9.17, 15) is 4.79 Å². The van der Waals surface area contributed by atoms with E-state index in [0.29, 0.717) is 5.76 Å². The van der Waals surface area contributed by atoms with E-state index >= 15 is 0 Å². The van der Waals surface area contributed by atoms with Crippen LogP contribution in [0.25, 0.3) is 0 Å². The van der Waals surface area contributed by atoms with Crippen molar-refractivity contribution in [2.75, 3.05) is 5.75 Å². The second kappa shape index (κ2) is 5.96. The number of thioether (sulfide) groups is 1. The zero-order valence-electron chi connectivity index (χ0n) is 9.47. The van der Waals surface area contributed by atoms with Gasteiger partial charge in [-0.25, -0.2) is 4.79 Å². The number of rotatable bonds is 6. The highest BCUT2D eigenvalue weighted by molar-refractivity contribution is 7.99. The fraction of sp³-hybridized carbons (Fsp3) is 0.545. The van der Waals surface area contributed by atoms with E-state index in [1.165, 1.54) is 6.07 Å². The van der Waals surface area contributed by atoms with Gasteiger partial charge in [0.15, 0.2) is 0 Å². The Morgan fingerprint density at radius 2 is 2.31 bits per heavy atom. The molecular weight excluding hydrogens is 226 g/mol. The van der Waals surface area contributed by atoms with Crippen LogP contribution in [0.5, 0.6) is 0 Å². The van der Waals surface area contributed by atoms with Gasteiger partial charge in [-0.2, -0.15) is 0 Å². The Balaban J connectivity index is 2.52. The Kier molecular flexibility index (Phi) is 4.89. The monoisotopic (exact) mass is 243 g/mol. The smallest absolute Gasteiger partial charge is 0.371 e. The first kappa shape index (κ1) is 13.1. The molecule has 5 heteroatoms. The van der Waals surface area contributed by atoms with Gasteiger partial charge in [-0.3, -0.25) is 0 Å². The highest BCUT2D eigenvalue weighted by atomic mass is 32.2. The van der Waals surface area contributed by atoms with E-state index in [2.05, 4.69) is 0 Å². The minimum Gasteiger partial charge on any atom is -0.475 e. The molecule has 0 fully saturated rings.